The summed E-state index contributed by atoms with van der Waals surface area (Å²) >= 11 is 1.88. The van der Waals surface area contributed by atoms with Gasteiger partial charge >= 0.3 is 0 Å². The topological polar surface area (TPSA) is 6.48 Å². The first-order valence-corrected chi connectivity index (χ1v) is 22.1. The minimum absolute atomic E-state index is 0.132. The minimum Gasteiger partial charge on any atom is -0.310 e. The van der Waals surface area contributed by atoms with Gasteiger partial charge < -0.3 is 9.80 Å². The fourth-order valence-electron chi connectivity index (χ4n) is 11.2. The number of anilines is 6. The Balaban J connectivity index is 1.09. The highest BCUT2D eigenvalue weighted by Gasteiger charge is 2.52. The van der Waals surface area contributed by atoms with E-state index in [9.17, 15) is 0 Å². The van der Waals surface area contributed by atoms with Crippen molar-refractivity contribution in [2.45, 2.75) is 24.7 Å². The Bertz CT molecular complexity index is 3420. The summed E-state index contributed by atoms with van der Waals surface area (Å²) in [6.07, 6.45) is 0. The van der Waals surface area contributed by atoms with Gasteiger partial charge in [-0.3, -0.25) is 0 Å². The number of hydrogen-bond donors (Lipinski definition) is 0. The van der Waals surface area contributed by atoms with Gasteiger partial charge in [-0.25, -0.2) is 0 Å². The molecule has 1 aromatic heterocycles. The maximum Gasteiger partial charge on any atom is 0.0755 e. The highest BCUT2D eigenvalue weighted by Crippen LogP contribution is 2.65. The van der Waals surface area contributed by atoms with Crippen LogP contribution in [0, 0.1) is 0 Å². The Kier molecular flexibility index (Phi) is 7.19. The Labute approximate surface area is 360 Å². The lowest BCUT2D eigenvalue weighted by Gasteiger charge is -2.44. The van der Waals surface area contributed by atoms with Gasteiger partial charge in [-0.1, -0.05) is 153 Å². The second kappa shape index (κ2) is 12.7. The van der Waals surface area contributed by atoms with Crippen molar-refractivity contribution in [3.8, 4) is 22.3 Å². The molecule has 0 radical (unpaired) electrons. The van der Waals surface area contributed by atoms with E-state index >= 15 is 0 Å². The summed E-state index contributed by atoms with van der Waals surface area (Å²) in [6, 6.07) is 77.3. The molecule has 1 aliphatic heterocycles. The standard InChI is InChI=1S/C58H40N2S/c1-57(2)48-23-11-9-20-42(48)43-31-28-39(34-50(43)57)59(41-30-33-46-45-21-10-14-27-54(45)61-55(46)36-41)40-29-32-44-47-22-15-26-53-56(47)58(51(44)35-40,37-16-5-3-6-17-37)49-24-12-13-25-52(49)60(53)38-18-7-4-8-19-38/h3-36H,1-2H3. The summed E-state index contributed by atoms with van der Waals surface area (Å²) < 4.78 is 2.61. The van der Waals surface area contributed by atoms with Crippen LogP contribution < -0.4 is 9.80 Å². The minimum atomic E-state index is -0.553. The van der Waals surface area contributed by atoms with E-state index in [1.54, 1.807) is 0 Å². The number of benzene rings is 9. The molecule has 9 aromatic carbocycles. The predicted octanol–water partition coefficient (Wildman–Crippen LogP) is 16.0. The lowest BCUT2D eigenvalue weighted by Crippen LogP contribution is -2.36. The van der Waals surface area contributed by atoms with Crippen molar-refractivity contribution in [2.24, 2.45) is 0 Å². The van der Waals surface area contributed by atoms with Crippen LogP contribution in [0.15, 0.2) is 206 Å². The van der Waals surface area contributed by atoms with Gasteiger partial charge in [0.2, 0.25) is 0 Å². The Morgan fingerprint density at radius 3 is 1.80 bits per heavy atom. The first-order chi connectivity index (χ1) is 30.0. The number of hydrogen-bond acceptors (Lipinski definition) is 3. The van der Waals surface area contributed by atoms with Gasteiger partial charge in [0.05, 0.1) is 16.8 Å². The zero-order valence-corrected chi connectivity index (χ0v) is 34.7. The van der Waals surface area contributed by atoms with E-state index in [0.717, 1.165) is 22.7 Å². The molecule has 3 aliphatic rings. The van der Waals surface area contributed by atoms with Gasteiger partial charge in [0.25, 0.3) is 0 Å². The molecule has 0 bridgehead atoms. The molecule has 1 unspecified atom stereocenters. The molecule has 0 saturated carbocycles. The van der Waals surface area contributed by atoms with Crippen LogP contribution >= 0.6 is 11.3 Å². The third-order valence-electron chi connectivity index (χ3n) is 13.8. The van der Waals surface area contributed by atoms with Crippen LogP contribution in [0.2, 0.25) is 0 Å². The van der Waals surface area contributed by atoms with Crippen LogP contribution in [0.1, 0.15) is 47.2 Å². The van der Waals surface area contributed by atoms with E-state index in [1.807, 2.05) is 11.3 Å². The molecular weight excluding hydrogens is 757 g/mol. The first-order valence-electron chi connectivity index (χ1n) is 21.3. The molecule has 288 valence electrons. The molecule has 0 saturated heterocycles. The molecule has 0 amide bonds. The Morgan fingerprint density at radius 1 is 0.410 bits per heavy atom. The van der Waals surface area contributed by atoms with Gasteiger partial charge in [-0.2, -0.15) is 0 Å². The molecule has 13 rings (SSSR count). The summed E-state index contributed by atoms with van der Waals surface area (Å²) in [6.45, 7) is 4.75. The number of nitrogens with zero attached hydrogens (tertiary/aromatic N) is 2. The molecule has 0 N–H and O–H groups in total. The molecular formula is C58H40N2S. The molecule has 2 heterocycles. The fraction of sp³-hybridized carbons (Fsp3) is 0.0690. The molecule has 2 nitrogen and oxygen atoms in total. The van der Waals surface area contributed by atoms with Crippen molar-refractivity contribution in [1.82, 2.24) is 0 Å². The van der Waals surface area contributed by atoms with Crippen molar-refractivity contribution < 1.29 is 0 Å². The number of para-hydroxylation sites is 2. The summed E-state index contributed by atoms with van der Waals surface area (Å²) in [7, 11) is 0. The third kappa shape index (κ3) is 4.67. The molecule has 0 spiro atoms. The molecule has 3 heteroatoms. The van der Waals surface area contributed by atoms with Crippen molar-refractivity contribution in [3.63, 3.8) is 0 Å². The van der Waals surface area contributed by atoms with Gasteiger partial charge in [0.15, 0.2) is 0 Å². The van der Waals surface area contributed by atoms with E-state index < -0.39 is 5.41 Å². The van der Waals surface area contributed by atoms with Crippen molar-refractivity contribution in [1.29, 1.82) is 0 Å². The second-order valence-electron chi connectivity index (χ2n) is 17.2. The molecule has 2 aliphatic carbocycles. The third-order valence-corrected chi connectivity index (χ3v) is 15.0. The SMILES string of the molecule is CC1(C)c2ccccc2-c2ccc(N(c3ccc4c(c3)C3(c5ccccc5)c5ccccc5N(c5ccccc5)c5cccc-4c53)c3ccc4c(c3)sc3ccccc34)cc21. The highest BCUT2D eigenvalue weighted by molar-refractivity contribution is 7.25. The van der Waals surface area contributed by atoms with Crippen molar-refractivity contribution in [3.05, 3.63) is 240 Å². The van der Waals surface area contributed by atoms with Crippen LogP contribution in [0.25, 0.3) is 42.4 Å². The fourth-order valence-corrected chi connectivity index (χ4v) is 12.4. The second-order valence-corrected chi connectivity index (χ2v) is 18.3. The zero-order chi connectivity index (χ0) is 40.5. The van der Waals surface area contributed by atoms with Gasteiger partial charge in [0.1, 0.15) is 0 Å². The smallest absolute Gasteiger partial charge is 0.0755 e. The Morgan fingerprint density at radius 2 is 0.984 bits per heavy atom. The Hall–Kier alpha value is -7.20. The molecule has 61 heavy (non-hydrogen) atoms. The van der Waals surface area contributed by atoms with Crippen molar-refractivity contribution >= 4 is 65.6 Å². The number of fused-ring (bicyclic) bond motifs is 11. The van der Waals surface area contributed by atoms with Crippen LogP contribution in [-0.2, 0) is 10.8 Å². The lowest BCUT2D eigenvalue weighted by molar-refractivity contribution is 0.660. The van der Waals surface area contributed by atoms with Crippen LogP contribution in [0.3, 0.4) is 0 Å². The van der Waals surface area contributed by atoms with Crippen LogP contribution in [0.4, 0.5) is 34.1 Å². The largest absolute Gasteiger partial charge is 0.310 e. The molecule has 1 atom stereocenters. The quantitative estimate of drug-likeness (QED) is 0.171. The van der Waals surface area contributed by atoms with Gasteiger partial charge in [-0.05, 0) is 117 Å². The first kappa shape index (κ1) is 34.6. The normalized spacial score (nSPS) is 16.2. The summed E-state index contributed by atoms with van der Waals surface area (Å²) in [5.41, 5.74) is 19.5. The number of thiophene rings is 1. The van der Waals surface area contributed by atoms with E-state index in [-0.39, 0.29) is 5.41 Å². The average molecular weight is 797 g/mol. The monoisotopic (exact) mass is 796 g/mol. The van der Waals surface area contributed by atoms with E-state index in [2.05, 4.69) is 230 Å². The lowest BCUT2D eigenvalue weighted by atomic mass is 9.65. The van der Waals surface area contributed by atoms with Gasteiger partial charge in [0, 0.05) is 53.9 Å². The zero-order valence-electron chi connectivity index (χ0n) is 33.9. The maximum absolute atomic E-state index is 2.52. The molecule has 10 aromatic rings. The van der Waals surface area contributed by atoms with E-state index in [4.69, 9.17) is 0 Å². The predicted molar refractivity (Wildman–Crippen MR) is 257 cm³/mol. The summed E-state index contributed by atoms with van der Waals surface area (Å²) in [4.78, 5) is 4.98. The highest BCUT2D eigenvalue weighted by atomic mass is 32.1. The van der Waals surface area contributed by atoms with Gasteiger partial charge in [-0.15, -0.1) is 11.3 Å². The maximum atomic E-state index is 2.52. The van der Waals surface area contributed by atoms with Crippen LogP contribution in [0.5, 0.6) is 0 Å². The molecule has 0 fully saturated rings. The van der Waals surface area contributed by atoms with E-state index in [1.165, 1.54) is 87.2 Å². The summed E-state index contributed by atoms with van der Waals surface area (Å²) in [5.74, 6) is 0. The van der Waals surface area contributed by atoms with Crippen LogP contribution in [-0.4, -0.2) is 0 Å². The number of rotatable bonds is 5. The van der Waals surface area contributed by atoms with E-state index in [0.29, 0.717) is 0 Å². The van der Waals surface area contributed by atoms with Crippen molar-refractivity contribution in [2.75, 3.05) is 9.80 Å². The average Bonchev–Trinajstić information content (AvgIpc) is 3.91. The summed E-state index contributed by atoms with van der Waals surface area (Å²) in [5, 5.41) is 2.62.